The third-order valence-corrected chi connectivity index (χ3v) is 5.21. The largest absolute Gasteiger partial charge is 0.386 e. The van der Waals surface area contributed by atoms with Crippen LogP contribution in [0.4, 0.5) is 0 Å². The number of fused-ring (bicyclic) bond motifs is 1. The topological polar surface area (TPSA) is 59.9 Å². The zero-order chi connectivity index (χ0) is 19.2. The molecular weight excluding hydrogens is 344 g/mol. The first-order valence-corrected chi connectivity index (χ1v) is 9.96. The van der Waals surface area contributed by atoms with Crippen molar-refractivity contribution in [3.63, 3.8) is 0 Å². The number of nitrogens with zero attached hydrogens (tertiary/aromatic N) is 2. The molecule has 1 atom stereocenters. The van der Waals surface area contributed by atoms with Crippen LogP contribution in [-0.4, -0.2) is 56.2 Å². The predicted octanol–water partition coefficient (Wildman–Crippen LogP) is 3.08. The Morgan fingerprint density at radius 1 is 1.27 bits per heavy atom. The molecule has 0 bridgehead atoms. The highest BCUT2D eigenvalue weighted by molar-refractivity contribution is 7.19. The molecule has 0 spiro atoms. The van der Waals surface area contributed by atoms with Crippen molar-refractivity contribution in [3.05, 3.63) is 35.2 Å². The van der Waals surface area contributed by atoms with E-state index in [0.717, 1.165) is 30.5 Å². The minimum atomic E-state index is -0.550. The number of benzene rings is 1. The average molecular weight is 377 g/mol. The van der Waals surface area contributed by atoms with Crippen LogP contribution in [0.1, 0.15) is 31.8 Å². The maximum absolute atomic E-state index is 10.5. The standard InChI is InChI=1S/C20H32N4OS/c1-6-21-19(23-13-20(2,3)14-24(4)5)22-12-16(25)18-11-15-9-7-8-10-17(15)26-18/h7-11,16,25H,6,12-14H2,1-5H3,(H2,21,22,23). The fourth-order valence-electron chi connectivity index (χ4n) is 3.00. The highest BCUT2D eigenvalue weighted by atomic mass is 32.1. The van der Waals surface area contributed by atoms with Gasteiger partial charge in [0.25, 0.3) is 0 Å². The molecule has 144 valence electrons. The zero-order valence-electron chi connectivity index (χ0n) is 16.5. The number of nitrogens with one attached hydrogen (secondary N) is 2. The van der Waals surface area contributed by atoms with Crippen molar-refractivity contribution in [3.8, 4) is 0 Å². The number of aliphatic hydroxyl groups is 1. The molecule has 2 rings (SSSR count). The van der Waals surface area contributed by atoms with Gasteiger partial charge in [0.15, 0.2) is 5.96 Å². The second-order valence-corrected chi connectivity index (χ2v) is 8.80. The lowest BCUT2D eigenvalue weighted by atomic mass is 9.93. The van der Waals surface area contributed by atoms with Gasteiger partial charge < -0.3 is 20.6 Å². The number of aliphatic imine (C=N–C) groups is 1. The number of aliphatic hydroxyl groups excluding tert-OH is 1. The summed E-state index contributed by atoms with van der Waals surface area (Å²) in [5, 5.41) is 18.3. The molecular formula is C20H32N4OS. The molecule has 0 aliphatic rings. The molecule has 2 aromatic rings. The van der Waals surface area contributed by atoms with E-state index in [1.165, 1.54) is 10.1 Å². The van der Waals surface area contributed by atoms with E-state index in [2.05, 4.69) is 61.7 Å². The molecule has 0 aliphatic carbocycles. The third kappa shape index (κ3) is 6.27. The van der Waals surface area contributed by atoms with Gasteiger partial charge in [-0.1, -0.05) is 32.0 Å². The third-order valence-electron chi connectivity index (χ3n) is 3.99. The molecule has 26 heavy (non-hydrogen) atoms. The van der Waals surface area contributed by atoms with Crippen LogP contribution < -0.4 is 10.6 Å². The van der Waals surface area contributed by atoms with E-state index < -0.39 is 6.10 Å². The molecule has 3 N–H and O–H groups in total. The minimum absolute atomic E-state index is 0.0932. The van der Waals surface area contributed by atoms with Crippen molar-refractivity contribution >= 4 is 27.4 Å². The number of rotatable bonds is 8. The van der Waals surface area contributed by atoms with E-state index in [4.69, 9.17) is 4.99 Å². The van der Waals surface area contributed by atoms with Gasteiger partial charge in [-0.3, -0.25) is 4.99 Å². The smallest absolute Gasteiger partial charge is 0.191 e. The van der Waals surface area contributed by atoms with Crippen molar-refractivity contribution in [2.75, 3.05) is 40.3 Å². The van der Waals surface area contributed by atoms with E-state index in [9.17, 15) is 5.11 Å². The van der Waals surface area contributed by atoms with Gasteiger partial charge in [-0.15, -0.1) is 11.3 Å². The Bertz CT molecular complexity index is 690. The van der Waals surface area contributed by atoms with Crippen LogP contribution in [0.3, 0.4) is 0 Å². The summed E-state index contributed by atoms with van der Waals surface area (Å²) in [6.07, 6.45) is -0.550. The first-order chi connectivity index (χ1) is 12.3. The predicted molar refractivity (Wildman–Crippen MR) is 113 cm³/mol. The lowest BCUT2D eigenvalue weighted by molar-refractivity contribution is 0.184. The summed E-state index contributed by atoms with van der Waals surface area (Å²) in [7, 11) is 4.16. The quantitative estimate of drug-likeness (QED) is 0.489. The normalized spacial score (nSPS) is 14.0. The van der Waals surface area contributed by atoms with Gasteiger partial charge in [0.05, 0.1) is 0 Å². The Morgan fingerprint density at radius 3 is 2.65 bits per heavy atom. The van der Waals surface area contributed by atoms with Crippen LogP contribution in [0.5, 0.6) is 0 Å². The van der Waals surface area contributed by atoms with Gasteiger partial charge >= 0.3 is 0 Å². The van der Waals surface area contributed by atoms with Crippen molar-refractivity contribution < 1.29 is 5.11 Å². The second-order valence-electron chi connectivity index (χ2n) is 7.68. The Morgan fingerprint density at radius 2 is 2.00 bits per heavy atom. The summed E-state index contributed by atoms with van der Waals surface area (Å²) in [4.78, 5) is 7.86. The van der Waals surface area contributed by atoms with Crippen LogP contribution >= 0.6 is 11.3 Å². The van der Waals surface area contributed by atoms with Gasteiger partial charge in [-0.05, 0) is 44.0 Å². The van der Waals surface area contributed by atoms with Gasteiger partial charge in [-0.25, -0.2) is 0 Å². The van der Waals surface area contributed by atoms with Crippen LogP contribution in [0.2, 0.25) is 0 Å². The minimum Gasteiger partial charge on any atom is -0.386 e. The summed E-state index contributed by atoms with van der Waals surface area (Å²) in [6.45, 7) is 9.40. The van der Waals surface area contributed by atoms with Crippen LogP contribution in [-0.2, 0) is 0 Å². The van der Waals surface area contributed by atoms with E-state index >= 15 is 0 Å². The molecule has 1 aromatic heterocycles. The van der Waals surface area contributed by atoms with E-state index in [1.54, 1.807) is 11.3 Å². The molecule has 6 heteroatoms. The van der Waals surface area contributed by atoms with Crippen LogP contribution in [0.15, 0.2) is 35.3 Å². The van der Waals surface area contributed by atoms with Crippen molar-refractivity contribution in [2.45, 2.75) is 26.9 Å². The highest BCUT2D eigenvalue weighted by Crippen LogP contribution is 2.29. The number of guanidine groups is 1. The Labute approximate surface area is 161 Å². The molecule has 0 saturated carbocycles. The fraction of sp³-hybridized carbons (Fsp3) is 0.550. The fourth-order valence-corrected chi connectivity index (χ4v) is 4.05. The zero-order valence-corrected chi connectivity index (χ0v) is 17.4. The molecule has 0 amide bonds. The number of thiophene rings is 1. The van der Waals surface area contributed by atoms with Gasteiger partial charge in [-0.2, -0.15) is 0 Å². The first-order valence-electron chi connectivity index (χ1n) is 9.14. The summed E-state index contributed by atoms with van der Waals surface area (Å²) >= 11 is 1.64. The molecule has 1 heterocycles. The molecule has 0 fully saturated rings. The van der Waals surface area contributed by atoms with Crippen molar-refractivity contribution in [2.24, 2.45) is 10.4 Å². The molecule has 0 radical (unpaired) electrons. The van der Waals surface area contributed by atoms with Gasteiger partial charge in [0.1, 0.15) is 6.10 Å². The monoisotopic (exact) mass is 376 g/mol. The van der Waals surface area contributed by atoms with Crippen LogP contribution in [0, 0.1) is 5.41 Å². The maximum Gasteiger partial charge on any atom is 0.191 e. The molecule has 0 aliphatic heterocycles. The lowest BCUT2D eigenvalue weighted by Crippen LogP contribution is -2.40. The Hall–Kier alpha value is -1.63. The number of hydrogen-bond acceptors (Lipinski definition) is 4. The molecule has 1 unspecified atom stereocenters. The number of hydrogen-bond donors (Lipinski definition) is 3. The summed E-state index contributed by atoms with van der Waals surface area (Å²) < 4.78 is 1.20. The van der Waals surface area contributed by atoms with E-state index in [0.29, 0.717) is 6.54 Å². The van der Waals surface area contributed by atoms with E-state index in [-0.39, 0.29) is 5.41 Å². The molecule has 0 saturated heterocycles. The summed E-state index contributed by atoms with van der Waals surface area (Å²) in [5.41, 5.74) is 0.0932. The molecule has 1 aromatic carbocycles. The van der Waals surface area contributed by atoms with Crippen molar-refractivity contribution in [1.82, 2.24) is 15.5 Å². The first kappa shape index (κ1) is 20.7. The Kier molecular flexibility index (Phi) is 7.43. The SMILES string of the molecule is CCNC(=NCC(C)(C)CN(C)C)NCC(O)c1cc2ccccc2s1. The van der Waals surface area contributed by atoms with E-state index in [1.807, 2.05) is 19.1 Å². The van der Waals surface area contributed by atoms with Gasteiger partial charge in [0.2, 0.25) is 0 Å². The Balaban J connectivity index is 1.97. The lowest BCUT2D eigenvalue weighted by Gasteiger charge is -2.27. The summed E-state index contributed by atoms with van der Waals surface area (Å²) in [6, 6.07) is 10.3. The highest BCUT2D eigenvalue weighted by Gasteiger charge is 2.19. The van der Waals surface area contributed by atoms with Crippen LogP contribution in [0.25, 0.3) is 10.1 Å². The molecule has 5 nitrogen and oxygen atoms in total. The van der Waals surface area contributed by atoms with Crippen molar-refractivity contribution in [1.29, 1.82) is 0 Å². The summed E-state index contributed by atoms with van der Waals surface area (Å²) in [5.74, 6) is 0.750. The average Bonchev–Trinajstić information content (AvgIpc) is 3.00. The maximum atomic E-state index is 10.5. The van der Waals surface area contributed by atoms with Gasteiger partial charge in [0, 0.05) is 35.8 Å². The second kappa shape index (κ2) is 9.35.